The van der Waals surface area contributed by atoms with E-state index in [2.05, 4.69) is 47.8 Å². The van der Waals surface area contributed by atoms with Gasteiger partial charge >= 0.3 is 0 Å². The summed E-state index contributed by atoms with van der Waals surface area (Å²) in [5.74, 6) is 0. The minimum atomic E-state index is -2.20. The number of halogens is 6. The van der Waals surface area contributed by atoms with E-state index in [1.807, 2.05) is 0 Å². The average molecular weight is 391 g/mol. The van der Waals surface area contributed by atoms with Crippen LogP contribution in [0.5, 0.6) is 0 Å². The van der Waals surface area contributed by atoms with Crippen molar-refractivity contribution in [1.82, 2.24) is 0 Å². The van der Waals surface area contributed by atoms with Crippen molar-refractivity contribution < 1.29 is 8.78 Å². The second kappa shape index (κ2) is 5.27. The zero-order valence-corrected chi connectivity index (χ0v) is 11.4. The molecule has 2 unspecified atom stereocenters. The topological polar surface area (TPSA) is 0 Å². The van der Waals surface area contributed by atoms with Gasteiger partial charge in [0.05, 0.1) is 6.42 Å². The SMILES string of the molecule is FC(Cl)(Br)CC(F)(Br)CC=CBr. The maximum absolute atomic E-state index is 13.3. The van der Waals surface area contributed by atoms with Gasteiger partial charge in [-0.05, 0) is 36.8 Å². The van der Waals surface area contributed by atoms with Gasteiger partial charge in [0, 0.05) is 6.42 Å². The number of hydrogen-bond acceptors (Lipinski definition) is 0. The van der Waals surface area contributed by atoms with Crippen molar-refractivity contribution in [3.8, 4) is 0 Å². The molecule has 12 heavy (non-hydrogen) atoms. The van der Waals surface area contributed by atoms with E-state index in [-0.39, 0.29) is 6.42 Å². The van der Waals surface area contributed by atoms with Crippen LogP contribution in [0.15, 0.2) is 11.1 Å². The maximum atomic E-state index is 13.3. The largest absolute Gasteiger partial charge is 0.241 e. The summed E-state index contributed by atoms with van der Waals surface area (Å²) < 4.78 is 21.9. The van der Waals surface area contributed by atoms with E-state index in [0.29, 0.717) is 0 Å². The van der Waals surface area contributed by atoms with Gasteiger partial charge in [0.25, 0.3) is 0 Å². The molecular formula is C6H6Br3ClF2. The Balaban J connectivity index is 4.04. The van der Waals surface area contributed by atoms with Crippen LogP contribution >= 0.6 is 59.4 Å². The molecular weight excluding hydrogens is 385 g/mol. The zero-order chi connectivity index (χ0) is 9.83. The fourth-order valence-corrected chi connectivity index (χ4v) is 2.54. The minimum Gasteiger partial charge on any atom is -0.231 e. The summed E-state index contributed by atoms with van der Waals surface area (Å²) in [6.45, 7) is 0. The van der Waals surface area contributed by atoms with Crippen LogP contribution in [-0.2, 0) is 0 Å². The first-order valence-corrected chi connectivity index (χ1v) is 5.85. The molecule has 0 aromatic carbocycles. The van der Waals surface area contributed by atoms with Crippen LogP contribution in [0, 0.1) is 0 Å². The van der Waals surface area contributed by atoms with Gasteiger partial charge in [-0.2, -0.15) is 0 Å². The Morgan fingerprint density at radius 3 is 2.17 bits per heavy atom. The van der Waals surface area contributed by atoms with Gasteiger partial charge in [-0.25, -0.2) is 8.78 Å². The van der Waals surface area contributed by atoms with Crippen LogP contribution in [-0.4, -0.2) is 8.62 Å². The highest BCUT2D eigenvalue weighted by Gasteiger charge is 2.36. The molecule has 0 amide bonds. The molecule has 72 valence electrons. The first-order chi connectivity index (χ1) is 5.27. The number of hydrogen-bond donors (Lipinski definition) is 0. The molecule has 0 aliphatic heterocycles. The summed E-state index contributed by atoms with van der Waals surface area (Å²) in [5.41, 5.74) is 0. The third kappa shape index (κ3) is 7.95. The quantitative estimate of drug-likeness (QED) is 0.593. The van der Waals surface area contributed by atoms with Crippen LogP contribution in [0.1, 0.15) is 12.8 Å². The van der Waals surface area contributed by atoms with E-state index in [1.165, 1.54) is 11.1 Å². The Morgan fingerprint density at radius 2 is 1.83 bits per heavy atom. The van der Waals surface area contributed by atoms with Gasteiger partial charge in [-0.3, -0.25) is 0 Å². The molecule has 2 atom stereocenters. The first kappa shape index (κ1) is 13.3. The Bertz CT molecular complexity index is 165. The van der Waals surface area contributed by atoms with Crippen LogP contribution in [0.2, 0.25) is 0 Å². The van der Waals surface area contributed by atoms with Crippen molar-refractivity contribution in [2.75, 3.05) is 0 Å². The molecule has 0 heterocycles. The first-order valence-electron chi connectivity index (χ1n) is 2.97. The lowest BCUT2D eigenvalue weighted by atomic mass is 10.2. The van der Waals surface area contributed by atoms with Gasteiger partial charge in [-0.15, -0.1) is 0 Å². The Morgan fingerprint density at radius 1 is 1.33 bits per heavy atom. The molecule has 0 saturated carbocycles. The molecule has 0 spiro atoms. The molecule has 0 nitrogen and oxygen atoms in total. The molecule has 0 aromatic heterocycles. The van der Waals surface area contributed by atoms with E-state index in [4.69, 9.17) is 11.6 Å². The normalized spacial score (nSPS) is 22.2. The molecule has 0 aliphatic carbocycles. The Labute approximate surface area is 100 Å². The number of alkyl halides is 5. The predicted molar refractivity (Wildman–Crippen MR) is 58.7 cm³/mol. The average Bonchev–Trinajstić information content (AvgIpc) is 1.78. The van der Waals surface area contributed by atoms with Crippen molar-refractivity contribution >= 4 is 59.4 Å². The second-order valence-electron chi connectivity index (χ2n) is 2.21. The van der Waals surface area contributed by atoms with E-state index in [0.717, 1.165) is 0 Å². The minimum absolute atomic E-state index is 0.0439. The summed E-state index contributed by atoms with van der Waals surface area (Å²) in [6, 6.07) is 0. The molecule has 0 aromatic rings. The molecule has 0 radical (unpaired) electrons. The third-order valence-electron chi connectivity index (χ3n) is 0.965. The highest BCUT2D eigenvalue weighted by Crippen LogP contribution is 2.41. The third-order valence-corrected chi connectivity index (χ3v) is 2.36. The van der Waals surface area contributed by atoms with E-state index >= 15 is 0 Å². The Hall–Kier alpha value is 1.33. The molecule has 0 rings (SSSR count). The highest BCUT2D eigenvalue weighted by atomic mass is 79.9. The molecule has 0 aliphatic rings. The van der Waals surface area contributed by atoms with E-state index in [9.17, 15) is 8.78 Å². The molecule has 6 heteroatoms. The Kier molecular flexibility index (Phi) is 5.85. The van der Waals surface area contributed by atoms with Crippen molar-refractivity contribution in [1.29, 1.82) is 0 Å². The van der Waals surface area contributed by atoms with Crippen molar-refractivity contribution in [2.24, 2.45) is 0 Å². The number of allylic oxidation sites excluding steroid dienone is 1. The highest BCUT2D eigenvalue weighted by molar-refractivity contribution is 9.11. The second-order valence-corrected chi connectivity index (χ2v) is 6.48. The van der Waals surface area contributed by atoms with Gasteiger partial charge in [0.1, 0.15) is 0 Å². The van der Waals surface area contributed by atoms with Crippen molar-refractivity contribution in [3.05, 3.63) is 11.1 Å². The lowest BCUT2D eigenvalue weighted by Gasteiger charge is -2.20. The van der Waals surface area contributed by atoms with Gasteiger partial charge in [-0.1, -0.05) is 33.6 Å². The summed E-state index contributed by atoms with van der Waals surface area (Å²) in [4.78, 5) is 1.50. The zero-order valence-electron chi connectivity index (χ0n) is 5.84. The fraction of sp³-hybridized carbons (Fsp3) is 0.667. The van der Waals surface area contributed by atoms with Gasteiger partial charge < -0.3 is 0 Å². The molecule has 0 saturated heterocycles. The van der Waals surface area contributed by atoms with Crippen LogP contribution in [0.4, 0.5) is 8.78 Å². The van der Waals surface area contributed by atoms with E-state index in [1.54, 1.807) is 0 Å². The van der Waals surface area contributed by atoms with Crippen LogP contribution in [0.3, 0.4) is 0 Å². The fourth-order valence-electron chi connectivity index (χ4n) is 0.582. The van der Waals surface area contributed by atoms with Gasteiger partial charge in [0.15, 0.2) is 4.58 Å². The van der Waals surface area contributed by atoms with E-state index < -0.39 is 15.0 Å². The summed E-state index contributed by atoms with van der Waals surface area (Å²) in [7, 11) is 0. The molecule has 0 N–H and O–H groups in total. The summed E-state index contributed by atoms with van der Waals surface area (Å²) >= 11 is 13.3. The van der Waals surface area contributed by atoms with Crippen LogP contribution < -0.4 is 0 Å². The lowest BCUT2D eigenvalue weighted by Crippen LogP contribution is -2.21. The molecule has 0 bridgehead atoms. The smallest absolute Gasteiger partial charge is 0.231 e. The standard InChI is InChI=1S/C6H6Br3ClF2/c7-3-1-2-5(8,11)4-6(9,10)12/h1,3H,2,4H2. The lowest BCUT2D eigenvalue weighted by molar-refractivity contribution is 0.229. The summed E-state index contributed by atoms with van der Waals surface area (Å²) in [6.07, 6.45) is 1.09. The van der Waals surface area contributed by atoms with Crippen molar-refractivity contribution in [2.45, 2.75) is 21.5 Å². The van der Waals surface area contributed by atoms with Crippen molar-refractivity contribution in [3.63, 3.8) is 0 Å². The maximum Gasteiger partial charge on any atom is 0.241 e. The number of rotatable bonds is 4. The molecule has 0 fully saturated rings. The monoisotopic (exact) mass is 388 g/mol. The summed E-state index contributed by atoms with van der Waals surface area (Å²) in [5, 5.41) is 0. The van der Waals surface area contributed by atoms with Gasteiger partial charge in [0.2, 0.25) is 4.04 Å². The van der Waals surface area contributed by atoms with Crippen LogP contribution in [0.25, 0.3) is 0 Å². The predicted octanol–water partition coefficient (Wildman–Crippen LogP) is 4.99.